The van der Waals surface area contributed by atoms with Crippen molar-refractivity contribution in [1.29, 1.82) is 0 Å². The van der Waals surface area contributed by atoms with Crippen molar-refractivity contribution in [2.45, 2.75) is 0 Å². The predicted molar refractivity (Wildman–Crippen MR) is 84.6 cm³/mol. The van der Waals surface area contributed by atoms with Gasteiger partial charge in [-0.25, -0.2) is 0 Å². The third-order valence-electron chi connectivity index (χ3n) is 3.26. The first kappa shape index (κ1) is 15.0. The van der Waals surface area contributed by atoms with Crippen LogP contribution in [0.15, 0.2) is 42.5 Å². The van der Waals surface area contributed by atoms with Gasteiger partial charge in [-0.05, 0) is 36.4 Å². The quantitative estimate of drug-likeness (QED) is 0.918. The van der Waals surface area contributed by atoms with Gasteiger partial charge in [0.15, 0.2) is 18.1 Å². The van der Waals surface area contributed by atoms with Crippen LogP contribution in [0.1, 0.15) is 0 Å². The van der Waals surface area contributed by atoms with Crippen LogP contribution in [0, 0.1) is 0 Å². The van der Waals surface area contributed by atoms with Crippen LogP contribution in [0.2, 0.25) is 0 Å². The Bertz CT molecular complexity index is 684. The number of rotatable bonds is 5. The van der Waals surface area contributed by atoms with Crippen LogP contribution in [0.4, 0.5) is 5.69 Å². The standard InChI is InChI=1S/C17H17NO5/c1-20-13-3-5-14(6-4-13)23-11-17(19)18-12-2-7-15-16(10-12)22-9-8-21-15/h2-7,10H,8-9,11H2,1H3,(H,18,19). The predicted octanol–water partition coefficient (Wildman–Crippen LogP) is 2.48. The second-order valence-corrected chi connectivity index (χ2v) is 4.87. The molecule has 0 saturated heterocycles. The maximum Gasteiger partial charge on any atom is 0.262 e. The minimum absolute atomic E-state index is 0.0826. The van der Waals surface area contributed by atoms with Crippen molar-refractivity contribution in [2.24, 2.45) is 0 Å². The Morgan fingerprint density at radius 3 is 2.48 bits per heavy atom. The number of ether oxygens (including phenoxy) is 4. The lowest BCUT2D eigenvalue weighted by molar-refractivity contribution is -0.118. The molecule has 0 fully saturated rings. The molecule has 2 aromatic carbocycles. The molecule has 2 aromatic rings. The van der Waals surface area contributed by atoms with E-state index in [9.17, 15) is 4.79 Å². The minimum Gasteiger partial charge on any atom is -0.497 e. The Labute approximate surface area is 133 Å². The highest BCUT2D eigenvalue weighted by Crippen LogP contribution is 2.32. The molecule has 120 valence electrons. The van der Waals surface area contributed by atoms with Gasteiger partial charge in [-0.3, -0.25) is 4.79 Å². The molecular formula is C17H17NO5. The number of nitrogens with one attached hydrogen (secondary N) is 1. The molecule has 23 heavy (non-hydrogen) atoms. The molecule has 1 heterocycles. The number of carbonyl (C=O) groups is 1. The summed E-state index contributed by atoms with van der Waals surface area (Å²) in [6.07, 6.45) is 0. The molecular weight excluding hydrogens is 298 g/mol. The number of fused-ring (bicyclic) bond motifs is 1. The topological polar surface area (TPSA) is 66.0 Å². The van der Waals surface area contributed by atoms with E-state index in [0.29, 0.717) is 36.1 Å². The fourth-order valence-corrected chi connectivity index (χ4v) is 2.14. The SMILES string of the molecule is COc1ccc(OCC(=O)Nc2ccc3c(c2)OCCO3)cc1. The summed E-state index contributed by atoms with van der Waals surface area (Å²) in [4.78, 5) is 11.9. The summed E-state index contributed by atoms with van der Waals surface area (Å²) in [7, 11) is 1.59. The van der Waals surface area contributed by atoms with Crippen LogP contribution in [0.25, 0.3) is 0 Å². The largest absolute Gasteiger partial charge is 0.497 e. The van der Waals surface area contributed by atoms with Gasteiger partial charge in [-0.15, -0.1) is 0 Å². The lowest BCUT2D eigenvalue weighted by Gasteiger charge is -2.19. The molecule has 0 unspecified atom stereocenters. The molecule has 0 saturated carbocycles. The highest BCUT2D eigenvalue weighted by molar-refractivity contribution is 5.92. The zero-order chi connectivity index (χ0) is 16.1. The maximum atomic E-state index is 11.9. The van der Waals surface area contributed by atoms with Crippen LogP contribution in [-0.4, -0.2) is 32.8 Å². The van der Waals surface area contributed by atoms with Gasteiger partial charge in [-0.1, -0.05) is 0 Å². The average molecular weight is 315 g/mol. The molecule has 1 aliphatic rings. The molecule has 0 spiro atoms. The number of anilines is 1. The van der Waals surface area contributed by atoms with E-state index in [2.05, 4.69) is 5.32 Å². The second kappa shape index (κ2) is 6.91. The summed E-state index contributed by atoms with van der Waals surface area (Å²) in [5, 5.41) is 2.76. The molecule has 6 heteroatoms. The van der Waals surface area contributed by atoms with Gasteiger partial charge in [0, 0.05) is 11.8 Å². The highest BCUT2D eigenvalue weighted by atomic mass is 16.6. The summed E-state index contributed by atoms with van der Waals surface area (Å²) in [5.74, 6) is 2.40. The normalized spacial score (nSPS) is 12.4. The van der Waals surface area contributed by atoms with Gasteiger partial charge in [-0.2, -0.15) is 0 Å². The summed E-state index contributed by atoms with van der Waals surface area (Å²) in [5.41, 5.74) is 0.637. The van der Waals surface area contributed by atoms with E-state index in [0.717, 1.165) is 5.75 Å². The Morgan fingerprint density at radius 1 is 1.04 bits per heavy atom. The molecule has 3 rings (SSSR count). The van der Waals surface area contributed by atoms with Gasteiger partial charge >= 0.3 is 0 Å². The third kappa shape index (κ3) is 3.85. The van der Waals surface area contributed by atoms with Crippen LogP contribution in [0.5, 0.6) is 23.0 Å². The Morgan fingerprint density at radius 2 is 1.74 bits per heavy atom. The maximum absolute atomic E-state index is 11.9. The van der Waals surface area contributed by atoms with E-state index in [4.69, 9.17) is 18.9 Å². The number of amides is 1. The summed E-state index contributed by atoms with van der Waals surface area (Å²) in [6, 6.07) is 12.3. The molecule has 0 aromatic heterocycles. The van der Waals surface area contributed by atoms with E-state index < -0.39 is 0 Å². The van der Waals surface area contributed by atoms with Crippen molar-refractivity contribution >= 4 is 11.6 Å². The smallest absolute Gasteiger partial charge is 0.262 e. The van der Waals surface area contributed by atoms with Crippen molar-refractivity contribution in [1.82, 2.24) is 0 Å². The van der Waals surface area contributed by atoms with Gasteiger partial charge < -0.3 is 24.3 Å². The van der Waals surface area contributed by atoms with Gasteiger partial charge in [0.25, 0.3) is 5.91 Å². The molecule has 0 bridgehead atoms. The minimum atomic E-state index is -0.252. The summed E-state index contributed by atoms with van der Waals surface area (Å²) in [6.45, 7) is 0.958. The number of methoxy groups -OCH3 is 1. The van der Waals surface area contributed by atoms with E-state index in [1.807, 2.05) is 0 Å². The first-order chi connectivity index (χ1) is 11.2. The van der Waals surface area contributed by atoms with Crippen molar-refractivity contribution in [3.8, 4) is 23.0 Å². The highest BCUT2D eigenvalue weighted by Gasteiger charge is 2.13. The molecule has 6 nitrogen and oxygen atoms in total. The number of carbonyl (C=O) groups excluding carboxylic acids is 1. The van der Waals surface area contributed by atoms with Crippen LogP contribution in [-0.2, 0) is 4.79 Å². The van der Waals surface area contributed by atoms with E-state index >= 15 is 0 Å². The summed E-state index contributed by atoms with van der Waals surface area (Å²) < 4.78 is 21.4. The zero-order valence-corrected chi connectivity index (χ0v) is 12.7. The van der Waals surface area contributed by atoms with Crippen molar-refractivity contribution in [2.75, 3.05) is 32.2 Å². The van der Waals surface area contributed by atoms with Crippen molar-refractivity contribution < 1.29 is 23.7 Å². The number of benzene rings is 2. The lowest BCUT2D eigenvalue weighted by atomic mass is 10.2. The van der Waals surface area contributed by atoms with Crippen molar-refractivity contribution in [3.05, 3.63) is 42.5 Å². The summed E-state index contributed by atoms with van der Waals surface area (Å²) >= 11 is 0. The van der Waals surface area contributed by atoms with E-state index in [1.54, 1.807) is 49.6 Å². The first-order valence-corrected chi connectivity index (χ1v) is 7.21. The van der Waals surface area contributed by atoms with Crippen LogP contribution >= 0.6 is 0 Å². The molecule has 1 N–H and O–H groups in total. The molecule has 0 aliphatic carbocycles. The van der Waals surface area contributed by atoms with Crippen LogP contribution in [0.3, 0.4) is 0 Å². The van der Waals surface area contributed by atoms with Crippen molar-refractivity contribution in [3.63, 3.8) is 0 Å². The van der Waals surface area contributed by atoms with Gasteiger partial charge in [0.05, 0.1) is 7.11 Å². The number of hydrogen-bond acceptors (Lipinski definition) is 5. The van der Waals surface area contributed by atoms with Gasteiger partial charge in [0.2, 0.25) is 0 Å². The molecule has 0 radical (unpaired) electrons. The molecule has 1 aliphatic heterocycles. The average Bonchev–Trinajstić information content (AvgIpc) is 2.60. The number of hydrogen-bond donors (Lipinski definition) is 1. The molecule has 0 atom stereocenters. The lowest BCUT2D eigenvalue weighted by Crippen LogP contribution is -2.20. The van der Waals surface area contributed by atoms with E-state index in [1.165, 1.54) is 0 Å². The van der Waals surface area contributed by atoms with Gasteiger partial charge in [0.1, 0.15) is 24.7 Å². The monoisotopic (exact) mass is 315 g/mol. The molecule has 1 amide bonds. The third-order valence-corrected chi connectivity index (χ3v) is 3.26. The zero-order valence-electron chi connectivity index (χ0n) is 12.7. The Hall–Kier alpha value is -2.89. The second-order valence-electron chi connectivity index (χ2n) is 4.87. The fourth-order valence-electron chi connectivity index (χ4n) is 2.14. The first-order valence-electron chi connectivity index (χ1n) is 7.21. The van der Waals surface area contributed by atoms with E-state index in [-0.39, 0.29) is 12.5 Å². The van der Waals surface area contributed by atoms with Crippen LogP contribution < -0.4 is 24.3 Å². The Balaban J connectivity index is 1.54. The Kier molecular flexibility index (Phi) is 4.52. The fraction of sp³-hybridized carbons (Fsp3) is 0.235.